The van der Waals surface area contributed by atoms with Gasteiger partial charge in [-0.05, 0) is 30.7 Å². The molecule has 0 radical (unpaired) electrons. The van der Waals surface area contributed by atoms with Crippen LogP contribution in [-0.2, 0) is 4.79 Å². The van der Waals surface area contributed by atoms with Crippen LogP contribution in [-0.4, -0.2) is 24.7 Å². The van der Waals surface area contributed by atoms with E-state index in [1.807, 2.05) is 24.3 Å². The predicted molar refractivity (Wildman–Crippen MR) is 59.5 cm³/mol. The Balaban J connectivity index is 2.25. The summed E-state index contributed by atoms with van der Waals surface area (Å²) in [6.45, 7) is 0.749. The molecule has 4 nitrogen and oxygen atoms in total. The summed E-state index contributed by atoms with van der Waals surface area (Å²) in [5.74, 6) is -0.319. The van der Waals surface area contributed by atoms with E-state index in [2.05, 4.69) is 5.32 Å². The maximum Gasteiger partial charge on any atom is 0.308 e. The molecule has 1 aromatic carbocycles. The fourth-order valence-electron chi connectivity index (χ4n) is 2.15. The highest BCUT2D eigenvalue weighted by Crippen LogP contribution is 2.31. The lowest BCUT2D eigenvalue weighted by Gasteiger charge is -2.16. The van der Waals surface area contributed by atoms with Crippen LogP contribution in [0.1, 0.15) is 18.0 Å². The molecular formula is C12H15NO3. The van der Waals surface area contributed by atoms with Gasteiger partial charge in [-0.3, -0.25) is 4.79 Å². The van der Waals surface area contributed by atoms with Gasteiger partial charge < -0.3 is 15.2 Å². The van der Waals surface area contributed by atoms with Gasteiger partial charge in [0.25, 0.3) is 0 Å². The van der Waals surface area contributed by atoms with Gasteiger partial charge in [-0.25, -0.2) is 0 Å². The first-order valence-corrected chi connectivity index (χ1v) is 5.32. The van der Waals surface area contributed by atoms with E-state index in [-0.39, 0.29) is 12.0 Å². The van der Waals surface area contributed by atoms with Crippen LogP contribution >= 0.6 is 0 Å². The molecule has 0 aromatic heterocycles. The Bertz CT molecular complexity index is 392. The molecule has 2 N–H and O–H groups in total. The number of ether oxygens (including phenoxy) is 1. The van der Waals surface area contributed by atoms with E-state index < -0.39 is 5.97 Å². The van der Waals surface area contributed by atoms with Crippen LogP contribution < -0.4 is 10.1 Å². The minimum Gasteiger partial charge on any atom is -0.497 e. The number of carbonyl (C=O) groups is 1. The molecule has 0 bridgehead atoms. The second-order valence-electron chi connectivity index (χ2n) is 3.94. The summed E-state index contributed by atoms with van der Waals surface area (Å²) in [6, 6.07) is 7.45. The van der Waals surface area contributed by atoms with Crippen molar-refractivity contribution in [2.45, 2.75) is 12.5 Å². The average Bonchev–Trinajstić information content (AvgIpc) is 2.78. The van der Waals surface area contributed by atoms with Gasteiger partial charge in [0.2, 0.25) is 0 Å². The number of aliphatic carboxylic acids is 1. The summed E-state index contributed by atoms with van der Waals surface area (Å²) >= 11 is 0. The first-order valence-electron chi connectivity index (χ1n) is 5.32. The number of hydrogen-bond donors (Lipinski definition) is 2. The Morgan fingerprint density at radius 3 is 3.06 bits per heavy atom. The van der Waals surface area contributed by atoms with Crippen molar-refractivity contribution in [3.8, 4) is 5.75 Å². The molecule has 16 heavy (non-hydrogen) atoms. The average molecular weight is 221 g/mol. The number of carboxylic acid groups (broad SMARTS) is 1. The molecule has 0 amide bonds. The first-order chi connectivity index (χ1) is 7.72. The Kier molecular flexibility index (Phi) is 3.10. The molecule has 1 aliphatic heterocycles. The van der Waals surface area contributed by atoms with Crippen LogP contribution in [0.3, 0.4) is 0 Å². The molecule has 0 saturated carbocycles. The molecule has 86 valence electrons. The summed E-state index contributed by atoms with van der Waals surface area (Å²) in [5, 5.41) is 12.3. The smallest absolute Gasteiger partial charge is 0.308 e. The van der Waals surface area contributed by atoms with Gasteiger partial charge in [-0.2, -0.15) is 0 Å². The first kappa shape index (κ1) is 11.0. The molecule has 1 aromatic rings. The van der Waals surface area contributed by atoms with Crippen LogP contribution in [0, 0.1) is 5.92 Å². The van der Waals surface area contributed by atoms with Crippen molar-refractivity contribution in [3.05, 3.63) is 29.8 Å². The van der Waals surface area contributed by atoms with Crippen molar-refractivity contribution in [2.24, 2.45) is 5.92 Å². The molecule has 2 rings (SSSR count). The third-order valence-corrected chi connectivity index (χ3v) is 2.99. The molecular weight excluding hydrogens is 206 g/mol. The highest BCUT2D eigenvalue weighted by Gasteiger charge is 2.33. The Labute approximate surface area is 94.2 Å². The molecule has 0 spiro atoms. The second kappa shape index (κ2) is 4.53. The number of rotatable bonds is 3. The zero-order valence-corrected chi connectivity index (χ0v) is 9.14. The van der Waals surface area contributed by atoms with Crippen LogP contribution in [0.2, 0.25) is 0 Å². The van der Waals surface area contributed by atoms with Gasteiger partial charge in [0.05, 0.1) is 13.0 Å². The number of hydrogen-bond acceptors (Lipinski definition) is 3. The van der Waals surface area contributed by atoms with Crippen LogP contribution in [0.5, 0.6) is 5.75 Å². The van der Waals surface area contributed by atoms with Gasteiger partial charge >= 0.3 is 5.97 Å². The van der Waals surface area contributed by atoms with Gasteiger partial charge in [0.15, 0.2) is 0 Å². The predicted octanol–water partition coefficient (Wildman–Crippen LogP) is 1.43. The fraction of sp³-hybridized carbons (Fsp3) is 0.417. The minimum absolute atomic E-state index is 0.104. The van der Waals surface area contributed by atoms with E-state index in [1.165, 1.54) is 0 Å². The Morgan fingerprint density at radius 2 is 2.38 bits per heavy atom. The standard InChI is InChI=1S/C12H15NO3/c1-16-9-4-2-3-8(7-9)11-10(12(14)15)5-6-13-11/h2-4,7,10-11,13H,5-6H2,1H3,(H,14,15). The monoisotopic (exact) mass is 221 g/mol. The largest absolute Gasteiger partial charge is 0.497 e. The van der Waals surface area contributed by atoms with Crippen LogP contribution in [0.4, 0.5) is 0 Å². The Morgan fingerprint density at radius 1 is 1.56 bits per heavy atom. The van der Waals surface area contributed by atoms with E-state index in [0.717, 1.165) is 17.9 Å². The van der Waals surface area contributed by atoms with Crippen molar-refractivity contribution in [3.63, 3.8) is 0 Å². The molecule has 1 fully saturated rings. The molecule has 1 heterocycles. The van der Waals surface area contributed by atoms with E-state index in [0.29, 0.717) is 6.42 Å². The fourth-order valence-corrected chi connectivity index (χ4v) is 2.15. The maximum atomic E-state index is 11.1. The summed E-state index contributed by atoms with van der Waals surface area (Å²) in [7, 11) is 1.61. The molecule has 1 aliphatic rings. The zero-order chi connectivity index (χ0) is 11.5. The van der Waals surface area contributed by atoms with E-state index in [9.17, 15) is 4.79 Å². The molecule has 2 unspecified atom stereocenters. The number of nitrogens with one attached hydrogen (secondary N) is 1. The van der Waals surface area contributed by atoms with E-state index >= 15 is 0 Å². The summed E-state index contributed by atoms with van der Waals surface area (Å²) in [5.41, 5.74) is 0.976. The van der Waals surface area contributed by atoms with E-state index in [4.69, 9.17) is 9.84 Å². The highest BCUT2D eigenvalue weighted by atomic mass is 16.5. The second-order valence-corrected chi connectivity index (χ2v) is 3.94. The lowest BCUT2D eigenvalue weighted by atomic mass is 9.94. The van der Waals surface area contributed by atoms with Crippen molar-refractivity contribution in [1.82, 2.24) is 5.32 Å². The molecule has 1 saturated heterocycles. The SMILES string of the molecule is COc1cccc(C2NCCC2C(=O)O)c1. The van der Waals surface area contributed by atoms with Crippen LogP contribution in [0.15, 0.2) is 24.3 Å². The quantitative estimate of drug-likeness (QED) is 0.810. The normalized spacial score (nSPS) is 24.3. The summed E-state index contributed by atoms with van der Waals surface area (Å²) in [6.07, 6.45) is 0.678. The van der Waals surface area contributed by atoms with Gasteiger partial charge in [-0.1, -0.05) is 12.1 Å². The van der Waals surface area contributed by atoms with Crippen molar-refractivity contribution < 1.29 is 14.6 Å². The molecule has 2 atom stereocenters. The minimum atomic E-state index is -0.738. The van der Waals surface area contributed by atoms with Gasteiger partial charge in [0.1, 0.15) is 5.75 Å². The lowest BCUT2D eigenvalue weighted by molar-refractivity contribution is -0.142. The summed E-state index contributed by atoms with van der Waals surface area (Å²) < 4.78 is 5.13. The molecule has 4 heteroatoms. The summed E-state index contributed by atoms with van der Waals surface area (Å²) in [4.78, 5) is 11.1. The van der Waals surface area contributed by atoms with Crippen molar-refractivity contribution in [1.29, 1.82) is 0 Å². The lowest BCUT2D eigenvalue weighted by Crippen LogP contribution is -2.23. The molecule has 0 aliphatic carbocycles. The van der Waals surface area contributed by atoms with Gasteiger partial charge in [0, 0.05) is 6.04 Å². The number of methoxy groups -OCH3 is 1. The topological polar surface area (TPSA) is 58.6 Å². The van der Waals surface area contributed by atoms with Crippen molar-refractivity contribution in [2.75, 3.05) is 13.7 Å². The maximum absolute atomic E-state index is 11.1. The van der Waals surface area contributed by atoms with Gasteiger partial charge in [-0.15, -0.1) is 0 Å². The van der Waals surface area contributed by atoms with E-state index in [1.54, 1.807) is 7.11 Å². The highest BCUT2D eigenvalue weighted by molar-refractivity contribution is 5.71. The third kappa shape index (κ3) is 2.02. The number of benzene rings is 1. The van der Waals surface area contributed by atoms with Crippen molar-refractivity contribution >= 4 is 5.97 Å². The number of carboxylic acids is 1. The Hall–Kier alpha value is -1.55. The van der Waals surface area contributed by atoms with Crippen LogP contribution in [0.25, 0.3) is 0 Å². The third-order valence-electron chi connectivity index (χ3n) is 2.99. The zero-order valence-electron chi connectivity index (χ0n) is 9.14.